The Hall–Kier alpha value is -2.16. The third kappa shape index (κ3) is 3.46. The summed E-state index contributed by atoms with van der Waals surface area (Å²) < 4.78 is 12.7. The molecule has 3 heterocycles. The summed E-state index contributed by atoms with van der Waals surface area (Å²) in [6.07, 6.45) is 1.39. The molecule has 1 aliphatic heterocycles. The number of halogens is 2. The molecule has 3 aromatic rings. The van der Waals surface area contributed by atoms with Gasteiger partial charge in [-0.2, -0.15) is 0 Å². The summed E-state index contributed by atoms with van der Waals surface area (Å²) in [5, 5.41) is 20.4. The number of aromatic nitrogens is 2. The third-order valence-electron chi connectivity index (χ3n) is 5.27. The molecule has 4 rings (SSSR count). The predicted octanol–water partition coefficient (Wildman–Crippen LogP) is 2.88. The molecule has 1 aromatic carbocycles. The minimum Gasteiger partial charge on any atom is -0.476 e. The minimum atomic E-state index is -0.517. The van der Waals surface area contributed by atoms with Gasteiger partial charge in [0.05, 0.1) is 65.0 Å². The van der Waals surface area contributed by atoms with Gasteiger partial charge in [0, 0.05) is 6.07 Å². The standard InChI is InChI=1S/C21H20Cl2N2O5/c1-12-3-2-4-14(22)18(12)25-13(7-26)5-16(28)17-19(25)15(23)6-24-20(17)30-11-21(8-27)9-29-10-21/h2-6,26-27H,7-11H2,1H3. The normalized spacial score (nSPS) is 15.2. The van der Waals surface area contributed by atoms with Gasteiger partial charge in [0.1, 0.15) is 12.0 Å². The first-order chi connectivity index (χ1) is 14.4. The van der Waals surface area contributed by atoms with Crippen LogP contribution in [0.3, 0.4) is 0 Å². The zero-order chi connectivity index (χ0) is 21.5. The number of ether oxygens (including phenoxy) is 2. The van der Waals surface area contributed by atoms with Crippen molar-refractivity contribution in [2.24, 2.45) is 5.41 Å². The second-order valence-corrected chi connectivity index (χ2v) is 8.29. The first-order valence-corrected chi connectivity index (χ1v) is 10.1. The van der Waals surface area contributed by atoms with E-state index in [9.17, 15) is 15.0 Å². The van der Waals surface area contributed by atoms with Crippen molar-refractivity contribution in [2.75, 3.05) is 26.4 Å². The molecule has 30 heavy (non-hydrogen) atoms. The molecule has 0 atom stereocenters. The lowest BCUT2D eigenvalue weighted by Gasteiger charge is -2.39. The lowest BCUT2D eigenvalue weighted by molar-refractivity contribution is -0.153. The van der Waals surface area contributed by atoms with E-state index in [1.807, 2.05) is 19.1 Å². The Kier molecular flexibility index (Phi) is 5.74. The van der Waals surface area contributed by atoms with Crippen LogP contribution in [-0.2, 0) is 11.3 Å². The van der Waals surface area contributed by atoms with Crippen LogP contribution in [0.2, 0.25) is 10.0 Å². The molecule has 158 valence electrons. The van der Waals surface area contributed by atoms with Crippen LogP contribution in [0.4, 0.5) is 0 Å². The van der Waals surface area contributed by atoms with Gasteiger partial charge in [-0.05, 0) is 18.6 Å². The van der Waals surface area contributed by atoms with Crippen LogP contribution in [0, 0.1) is 12.3 Å². The molecule has 0 bridgehead atoms. The summed E-state index contributed by atoms with van der Waals surface area (Å²) in [7, 11) is 0. The highest BCUT2D eigenvalue weighted by Crippen LogP contribution is 2.35. The van der Waals surface area contributed by atoms with Gasteiger partial charge < -0.3 is 24.3 Å². The van der Waals surface area contributed by atoms with E-state index in [0.29, 0.717) is 35.1 Å². The number of hydrogen-bond donors (Lipinski definition) is 2. The number of rotatable bonds is 6. The predicted molar refractivity (Wildman–Crippen MR) is 114 cm³/mol. The molecule has 9 heteroatoms. The highest BCUT2D eigenvalue weighted by Gasteiger charge is 2.39. The average molecular weight is 451 g/mol. The van der Waals surface area contributed by atoms with Gasteiger partial charge in [0.25, 0.3) is 0 Å². The van der Waals surface area contributed by atoms with Gasteiger partial charge in [-0.25, -0.2) is 4.98 Å². The quantitative estimate of drug-likeness (QED) is 0.599. The molecule has 1 aliphatic rings. The number of fused-ring (bicyclic) bond motifs is 1. The van der Waals surface area contributed by atoms with Crippen LogP contribution in [0.15, 0.2) is 35.3 Å². The topological polar surface area (TPSA) is 93.8 Å². The van der Waals surface area contributed by atoms with E-state index in [0.717, 1.165) is 5.56 Å². The molecule has 1 saturated heterocycles. The van der Waals surface area contributed by atoms with Crippen molar-refractivity contribution in [3.8, 4) is 11.6 Å². The Morgan fingerprint density at radius 2 is 2.03 bits per heavy atom. The number of pyridine rings is 2. The van der Waals surface area contributed by atoms with Gasteiger partial charge in [-0.1, -0.05) is 35.3 Å². The van der Waals surface area contributed by atoms with Gasteiger partial charge in [-0.15, -0.1) is 0 Å². The molecule has 0 amide bonds. The summed E-state index contributed by atoms with van der Waals surface area (Å²) in [5.74, 6) is 0.0991. The maximum Gasteiger partial charge on any atom is 0.227 e. The second kappa shape index (κ2) is 8.17. The number of aryl methyl sites for hydroxylation is 1. The fraction of sp³-hybridized carbons (Fsp3) is 0.333. The first-order valence-electron chi connectivity index (χ1n) is 9.32. The Labute approximate surface area is 182 Å². The van der Waals surface area contributed by atoms with Crippen LogP contribution >= 0.6 is 23.2 Å². The molecule has 2 aromatic heterocycles. The minimum absolute atomic E-state index is 0.0991. The molecule has 7 nitrogen and oxygen atoms in total. The molecule has 0 unspecified atom stereocenters. The van der Waals surface area contributed by atoms with Crippen molar-refractivity contribution in [3.63, 3.8) is 0 Å². The highest BCUT2D eigenvalue weighted by molar-refractivity contribution is 6.35. The van der Waals surface area contributed by atoms with E-state index in [1.165, 1.54) is 12.3 Å². The van der Waals surface area contributed by atoms with Crippen LogP contribution in [0.1, 0.15) is 11.3 Å². The summed E-state index contributed by atoms with van der Waals surface area (Å²) in [4.78, 5) is 17.2. The third-order valence-corrected chi connectivity index (χ3v) is 5.85. The Morgan fingerprint density at radius 1 is 1.27 bits per heavy atom. The van der Waals surface area contributed by atoms with E-state index in [2.05, 4.69) is 4.98 Å². The average Bonchev–Trinajstić information content (AvgIpc) is 2.69. The van der Waals surface area contributed by atoms with Crippen molar-refractivity contribution in [1.29, 1.82) is 0 Å². The Balaban J connectivity index is 1.96. The molecular formula is C21H20Cl2N2O5. The second-order valence-electron chi connectivity index (χ2n) is 7.47. The molecule has 1 fully saturated rings. The summed E-state index contributed by atoms with van der Waals surface area (Å²) in [6, 6.07) is 6.74. The number of aliphatic hydroxyl groups excluding tert-OH is 2. The number of aliphatic hydroxyl groups is 2. The lowest BCUT2D eigenvalue weighted by atomic mass is 9.88. The SMILES string of the molecule is Cc1cccc(Cl)c1-n1c(CO)cc(=O)c2c(OCC3(CO)COC3)ncc(Cl)c21. The maximum absolute atomic E-state index is 13.0. The summed E-state index contributed by atoms with van der Waals surface area (Å²) in [6.45, 7) is 2.26. The Bertz CT molecular complexity index is 1150. The molecule has 0 radical (unpaired) electrons. The number of benzene rings is 1. The van der Waals surface area contributed by atoms with Crippen LogP contribution in [-0.4, -0.2) is 46.2 Å². The Morgan fingerprint density at radius 3 is 2.63 bits per heavy atom. The van der Waals surface area contributed by atoms with Crippen LogP contribution in [0.5, 0.6) is 5.88 Å². The van der Waals surface area contributed by atoms with E-state index in [4.69, 9.17) is 32.7 Å². The largest absolute Gasteiger partial charge is 0.476 e. The first kappa shape index (κ1) is 21.1. The summed E-state index contributed by atoms with van der Waals surface area (Å²) >= 11 is 13.0. The van der Waals surface area contributed by atoms with Crippen LogP contribution in [0.25, 0.3) is 16.6 Å². The van der Waals surface area contributed by atoms with E-state index in [1.54, 1.807) is 10.6 Å². The maximum atomic E-state index is 13.0. The fourth-order valence-corrected chi connectivity index (χ4v) is 4.09. The monoisotopic (exact) mass is 450 g/mol. The van der Waals surface area contributed by atoms with E-state index >= 15 is 0 Å². The van der Waals surface area contributed by atoms with Crippen molar-refractivity contribution >= 4 is 34.1 Å². The van der Waals surface area contributed by atoms with Crippen LogP contribution < -0.4 is 10.2 Å². The highest BCUT2D eigenvalue weighted by atomic mass is 35.5. The smallest absolute Gasteiger partial charge is 0.227 e. The summed E-state index contributed by atoms with van der Waals surface area (Å²) in [5.41, 5.74) is 1.22. The van der Waals surface area contributed by atoms with Crippen molar-refractivity contribution in [3.05, 3.63) is 62.0 Å². The van der Waals surface area contributed by atoms with E-state index in [-0.39, 0.29) is 34.9 Å². The lowest BCUT2D eigenvalue weighted by Crippen LogP contribution is -2.50. The molecular weight excluding hydrogens is 431 g/mol. The number of nitrogens with zero attached hydrogens (tertiary/aromatic N) is 2. The van der Waals surface area contributed by atoms with Gasteiger partial charge in [0.15, 0.2) is 5.43 Å². The molecule has 0 spiro atoms. The van der Waals surface area contributed by atoms with E-state index < -0.39 is 12.0 Å². The van der Waals surface area contributed by atoms with Gasteiger partial charge >= 0.3 is 0 Å². The van der Waals surface area contributed by atoms with Crippen molar-refractivity contribution in [2.45, 2.75) is 13.5 Å². The fourth-order valence-electron chi connectivity index (χ4n) is 3.55. The zero-order valence-electron chi connectivity index (χ0n) is 16.2. The molecule has 0 aliphatic carbocycles. The van der Waals surface area contributed by atoms with Crippen molar-refractivity contribution < 1.29 is 19.7 Å². The number of para-hydroxylation sites is 1. The number of hydrogen-bond acceptors (Lipinski definition) is 6. The van der Waals surface area contributed by atoms with Gasteiger partial charge in [-0.3, -0.25) is 4.79 Å². The van der Waals surface area contributed by atoms with Gasteiger partial charge in [0.2, 0.25) is 5.88 Å². The molecule has 2 N–H and O–H groups in total. The molecule has 0 saturated carbocycles. The van der Waals surface area contributed by atoms with Crippen molar-refractivity contribution in [1.82, 2.24) is 9.55 Å². The zero-order valence-corrected chi connectivity index (χ0v) is 17.7.